The van der Waals surface area contributed by atoms with Crippen LogP contribution in [0, 0.1) is 0 Å². The van der Waals surface area contributed by atoms with Crippen LogP contribution >= 0.6 is 19.3 Å². The van der Waals surface area contributed by atoms with Gasteiger partial charge in [-0.2, -0.15) is 0 Å². The fourth-order valence-electron chi connectivity index (χ4n) is 1.47. The number of aliphatic hydroxyl groups excluding tert-OH is 1. The van der Waals surface area contributed by atoms with Gasteiger partial charge in [0.2, 0.25) is 0 Å². The lowest BCUT2D eigenvalue weighted by Crippen LogP contribution is -2.36. The van der Waals surface area contributed by atoms with E-state index in [-0.39, 0.29) is 13.2 Å². The molecule has 15 heavy (non-hydrogen) atoms. The Labute approximate surface area is 95.3 Å². The standard InChI is InChI=1S/C8H18ClN2O3P/c9-3-1-5-11-6-2-8-14-15(11,13)10-4-7-12/h12H,1-8H2,(H,10,13). The molecular weight excluding hydrogens is 239 g/mol. The third-order valence-electron chi connectivity index (χ3n) is 2.17. The summed E-state index contributed by atoms with van der Waals surface area (Å²) in [5.41, 5.74) is 0. The molecular formula is C8H18ClN2O3P. The van der Waals surface area contributed by atoms with E-state index >= 15 is 0 Å². The number of alkyl halides is 1. The monoisotopic (exact) mass is 256 g/mol. The third-order valence-corrected chi connectivity index (χ3v) is 4.74. The molecule has 0 amide bonds. The van der Waals surface area contributed by atoms with Crippen LogP contribution in [-0.2, 0) is 9.09 Å². The van der Waals surface area contributed by atoms with Crippen molar-refractivity contribution in [3.63, 3.8) is 0 Å². The zero-order chi connectivity index (χ0) is 11.1. The van der Waals surface area contributed by atoms with Gasteiger partial charge in [0.25, 0.3) is 0 Å². The number of rotatable bonds is 6. The Bertz CT molecular complexity index is 230. The van der Waals surface area contributed by atoms with Crippen LogP contribution in [0.15, 0.2) is 0 Å². The minimum Gasteiger partial charge on any atom is -0.395 e. The molecule has 1 heterocycles. The molecule has 0 aromatic rings. The Morgan fingerprint density at radius 3 is 3.07 bits per heavy atom. The summed E-state index contributed by atoms with van der Waals surface area (Å²) >= 11 is 5.60. The van der Waals surface area contributed by atoms with Gasteiger partial charge in [0.1, 0.15) is 0 Å². The molecule has 1 rings (SSSR count). The highest BCUT2D eigenvalue weighted by Crippen LogP contribution is 2.48. The summed E-state index contributed by atoms with van der Waals surface area (Å²) in [6, 6.07) is 0. The summed E-state index contributed by atoms with van der Waals surface area (Å²) in [7, 11) is -2.91. The minimum absolute atomic E-state index is 0.0449. The second kappa shape index (κ2) is 6.84. The first kappa shape index (κ1) is 13.4. The molecule has 1 aliphatic heterocycles. The summed E-state index contributed by atoms with van der Waals surface area (Å²) in [6.07, 6.45) is 1.67. The van der Waals surface area contributed by atoms with Crippen LogP contribution in [0.25, 0.3) is 0 Å². The van der Waals surface area contributed by atoms with Gasteiger partial charge < -0.3 is 9.63 Å². The molecule has 1 fully saturated rings. The first-order chi connectivity index (χ1) is 7.23. The average Bonchev–Trinajstić information content (AvgIpc) is 2.25. The van der Waals surface area contributed by atoms with Gasteiger partial charge in [-0.3, -0.25) is 4.57 Å². The van der Waals surface area contributed by atoms with Gasteiger partial charge in [-0.1, -0.05) is 0 Å². The number of aliphatic hydroxyl groups is 1. The van der Waals surface area contributed by atoms with Crippen molar-refractivity contribution in [2.45, 2.75) is 12.8 Å². The fourth-order valence-corrected chi connectivity index (χ4v) is 3.61. The quantitative estimate of drug-likeness (QED) is 0.549. The Balaban J connectivity index is 2.51. The second-order valence-electron chi connectivity index (χ2n) is 3.34. The Kier molecular flexibility index (Phi) is 6.12. The summed E-state index contributed by atoms with van der Waals surface area (Å²) in [6.45, 7) is 2.17. The maximum absolute atomic E-state index is 12.3. The van der Waals surface area contributed by atoms with Crippen molar-refractivity contribution >= 4 is 19.3 Å². The molecule has 0 aliphatic carbocycles. The SMILES string of the molecule is O=P1(NCCO)OCCCN1CCCCl. The van der Waals surface area contributed by atoms with Crippen molar-refractivity contribution in [1.82, 2.24) is 9.76 Å². The van der Waals surface area contributed by atoms with E-state index in [1.807, 2.05) is 0 Å². The molecule has 0 saturated carbocycles. The van der Waals surface area contributed by atoms with Gasteiger partial charge in [-0.25, -0.2) is 9.76 Å². The predicted octanol–water partition coefficient (Wildman–Crippen LogP) is 1.03. The van der Waals surface area contributed by atoms with Crippen LogP contribution in [0.5, 0.6) is 0 Å². The maximum Gasteiger partial charge on any atom is 0.343 e. The summed E-state index contributed by atoms with van der Waals surface area (Å²) in [5, 5.41) is 11.5. The van der Waals surface area contributed by atoms with E-state index in [4.69, 9.17) is 21.2 Å². The second-order valence-corrected chi connectivity index (χ2v) is 5.89. The normalized spacial score (nSPS) is 28.1. The average molecular weight is 257 g/mol. The van der Waals surface area contributed by atoms with Gasteiger partial charge in [0.05, 0.1) is 13.2 Å². The van der Waals surface area contributed by atoms with Crippen LogP contribution < -0.4 is 5.09 Å². The van der Waals surface area contributed by atoms with E-state index in [1.165, 1.54) is 0 Å². The van der Waals surface area contributed by atoms with Crippen molar-refractivity contribution < 1.29 is 14.2 Å². The van der Waals surface area contributed by atoms with Gasteiger partial charge in [-0.05, 0) is 12.8 Å². The van der Waals surface area contributed by atoms with Crippen molar-refractivity contribution in [2.24, 2.45) is 0 Å². The van der Waals surface area contributed by atoms with Gasteiger partial charge >= 0.3 is 7.67 Å². The van der Waals surface area contributed by atoms with Crippen molar-refractivity contribution in [3.8, 4) is 0 Å². The largest absolute Gasteiger partial charge is 0.395 e. The van der Waals surface area contributed by atoms with E-state index in [9.17, 15) is 4.57 Å². The van der Waals surface area contributed by atoms with Crippen LogP contribution in [0.2, 0.25) is 0 Å². The highest BCUT2D eigenvalue weighted by Gasteiger charge is 2.33. The van der Waals surface area contributed by atoms with E-state index in [0.717, 1.165) is 19.4 Å². The first-order valence-corrected chi connectivity index (χ1v) is 7.26. The highest BCUT2D eigenvalue weighted by atomic mass is 35.5. The first-order valence-electron chi connectivity index (χ1n) is 5.15. The van der Waals surface area contributed by atoms with Crippen molar-refractivity contribution in [2.75, 3.05) is 38.7 Å². The highest BCUT2D eigenvalue weighted by molar-refractivity contribution is 7.54. The summed E-state index contributed by atoms with van der Waals surface area (Å²) < 4.78 is 19.4. The Morgan fingerprint density at radius 1 is 1.60 bits per heavy atom. The van der Waals surface area contributed by atoms with Crippen molar-refractivity contribution in [1.29, 1.82) is 0 Å². The molecule has 0 radical (unpaired) electrons. The number of nitrogens with one attached hydrogen (secondary N) is 1. The van der Waals surface area contributed by atoms with E-state index < -0.39 is 7.67 Å². The smallest absolute Gasteiger partial charge is 0.343 e. The predicted molar refractivity (Wildman–Crippen MR) is 60.2 cm³/mol. The molecule has 7 heteroatoms. The Morgan fingerprint density at radius 2 is 2.40 bits per heavy atom. The number of nitrogens with zero attached hydrogens (tertiary/aromatic N) is 1. The van der Waals surface area contributed by atoms with E-state index in [1.54, 1.807) is 4.67 Å². The molecule has 2 N–H and O–H groups in total. The molecule has 0 spiro atoms. The molecule has 5 nitrogen and oxygen atoms in total. The fraction of sp³-hybridized carbons (Fsp3) is 1.00. The molecule has 1 aliphatic rings. The minimum atomic E-state index is -2.91. The molecule has 0 bridgehead atoms. The van der Waals surface area contributed by atoms with Crippen LogP contribution in [-0.4, -0.2) is 48.5 Å². The lowest BCUT2D eigenvalue weighted by atomic mass is 10.4. The number of hydrogen-bond donors (Lipinski definition) is 2. The molecule has 90 valence electrons. The van der Waals surface area contributed by atoms with Gasteiger partial charge in [0.15, 0.2) is 0 Å². The Hall–Kier alpha value is 0.360. The van der Waals surface area contributed by atoms with Crippen LogP contribution in [0.1, 0.15) is 12.8 Å². The topological polar surface area (TPSA) is 61.8 Å². The van der Waals surface area contributed by atoms with E-state index in [2.05, 4.69) is 5.09 Å². The lowest BCUT2D eigenvalue weighted by molar-refractivity contribution is 0.195. The molecule has 1 atom stereocenters. The molecule has 1 saturated heterocycles. The summed E-state index contributed by atoms with van der Waals surface area (Å²) in [5.74, 6) is 0.552. The van der Waals surface area contributed by atoms with Gasteiger partial charge in [-0.15, -0.1) is 11.6 Å². The zero-order valence-corrected chi connectivity index (χ0v) is 10.3. The number of halogens is 1. The van der Waals surface area contributed by atoms with E-state index in [0.29, 0.717) is 19.0 Å². The lowest BCUT2D eigenvalue weighted by Gasteiger charge is -2.34. The van der Waals surface area contributed by atoms with Crippen molar-refractivity contribution in [3.05, 3.63) is 0 Å². The molecule has 0 aromatic carbocycles. The van der Waals surface area contributed by atoms with Crippen LogP contribution in [0.3, 0.4) is 0 Å². The summed E-state index contributed by atoms with van der Waals surface area (Å²) in [4.78, 5) is 0. The third kappa shape index (κ3) is 4.02. The van der Waals surface area contributed by atoms with Gasteiger partial charge in [0, 0.05) is 25.5 Å². The molecule has 0 aromatic heterocycles. The maximum atomic E-state index is 12.3. The number of hydrogen-bond acceptors (Lipinski definition) is 3. The molecule has 1 unspecified atom stereocenters. The van der Waals surface area contributed by atoms with Crippen LogP contribution in [0.4, 0.5) is 0 Å². The zero-order valence-electron chi connectivity index (χ0n) is 8.69.